The first-order chi connectivity index (χ1) is 10.8. The molecule has 3 N–H and O–H groups in total. The van der Waals surface area contributed by atoms with Gasteiger partial charge in [0.25, 0.3) is 0 Å². The lowest BCUT2D eigenvalue weighted by molar-refractivity contribution is 0.0105. The zero-order chi connectivity index (χ0) is 15.2. The number of nitrogens with one attached hydrogen (secondary N) is 1. The first-order valence-corrected chi connectivity index (χ1v) is 8.61. The molecule has 1 aromatic carbocycles. The number of anilines is 1. The van der Waals surface area contributed by atoms with E-state index in [2.05, 4.69) is 28.5 Å². The molecule has 1 unspecified atom stereocenters. The highest BCUT2D eigenvalue weighted by Crippen LogP contribution is 2.24. The molecule has 0 saturated carbocycles. The van der Waals surface area contributed by atoms with E-state index in [0.717, 1.165) is 31.7 Å². The predicted octanol–water partition coefficient (Wildman–Crippen LogP) is 3.25. The van der Waals surface area contributed by atoms with Gasteiger partial charge in [-0.3, -0.25) is 4.99 Å². The Morgan fingerprint density at radius 1 is 1.23 bits per heavy atom. The Morgan fingerprint density at radius 3 is 3.00 bits per heavy atom. The summed E-state index contributed by atoms with van der Waals surface area (Å²) in [6.45, 7) is 1.69. The number of rotatable bonds is 5. The molecule has 1 aromatic rings. The second-order valence-electron chi connectivity index (χ2n) is 6.36. The summed E-state index contributed by atoms with van der Waals surface area (Å²) in [5, 5.41) is 3.21. The summed E-state index contributed by atoms with van der Waals surface area (Å²) in [6, 6.07) is 6.52. The average Bonchev–Trinajstić information content (AvgIpc) is 3.00. The largest absolute Gasteiger partial charge is 0.378 e. The normalized spacial score (nSPS) is 21.6. The minimum absolute atomic E-state index is 0.440. The third-order valence-corrected chi connectivity index (χ3v) is 4.61. The van der Waals surface area contributed by atoms with Crippen molar-refractivity contribution in [2.75, 3.05) is 18.5 Å². The van der Waals surface area contributed by atoms with Gasteiger partial charge in [0.05, 0.1) is 6.10 Å². The van der Waals surface area contributed by atoms with Crippen LogP contribution in [0.3, 0.4) is 0 Å². The van der Waals surface area contributed by atoms with E-state index in [1.54, 1.807) is 0 Å². The third kappa shape index (κ3) is 4.23. The SMILES string of the molecule is NC(=NCCCC1CCCCO1)Nc1ccc2c(c1)CCC2. The van der Waals surface area contributed by atoms with Crippen LogP contribution in [0.1, 0.15) is 49.7 Å². The van der Waals surface area contributed by atoms with Gasteiger partial charge in [-0.05, 0) is 74.6 Å². The van der Waals surface area contributed by atoms with Gasteiger partial charge >= 0.3 is 0 Å². The number of hydrogen-bond donors (Lipinski definition) is 2. The summed E-state index contributed by atoms with van der Waals surface area (Å²) in [5.41, 5.74) is 9.96. The molecule has 0 aromatic heterocycles. The number of fused-ring (bicyclic) bond motifs is 1. The Hall–Kier alpha value is -1.55. The molecule has 1 saturated heterocycles. The number of ether oxygens (including phenoxy) is 1. The molecule has 0 radical (unpaired) electrons. The number of hydrogen-bond acceptors (Lipinski definition) is 2. The Bertz CT molecular complexity index is 521. The van der Waals surface area contributed by atoms with Crippen LogP contribution in [-0.2, 0) is 17.6 Å². The molecule has 4 nitrogen and oxygen atoms in total. The van der Waals surface area contributed by atoms with Gasteiger partial charge in [-0.2, -0.15) is 0 Å². The second kappa shape index (κ2) is 7.63. The molecular weight excluding hydrogens is 274 g/mol. The number of nitrogens with zero attached hydrogens (tertiary/aromatic N) is 1. The van der Waals surface area contributed by atoms with Crippen LogP contribution < -0.4 is 11.1 Å². The predicted molar refractivity (Wildman–Crippen MR) is 91.4 cm³/mol. The van der Waals surface area contributed by atoms with Crippen molar-refractivity contribution < 1.29 is 4.74 Å². The average molecular weight is 301 g/mol. The summed E-state index contributed by atoms with van der Waals surface area (Å²) >= 11 is 0. The second-order valence-corrected chi connectivity index (χ2v) is 6.36. The highest BCUT2D eigenvalue weighted by molar-refractivity contribution is 5.92. The summed E-state index contributed by atoms with van der Waals surface area (Å²) in [5.74, 6) is 0.516. The topological polar surface area (TPSA) is 59.6 Å². The molecule has 0 bridgehead atoms. The highest BCUT2D eigenvalue weighted by Gasteiger charge is 2.13. The lowest BCUT2D eigenvalue weighted by Gasteiger charge is -2.22. The molecule has 4 heteroatoms. The third-order valence-electron chi connectivity index (χ3n) is 4.61. The fraction of sp³-hybridized carbons (Fsp3) is 0.611. The smallest absolute Gasteiger partial charge is 0.193 e. The Balaban J connectivity index is 1.42. The van der Waals surface area contributed by atoms with E-state index in [4.69, 9.17) is 10.5 Å². The minimum Gasteiger partial charge on any atom is -0.378 e. The first kappa shape index (κ1) is 15.3. The van der Waals surface area contributed by atoms with Crippen LogP contribution in [-0.4, -0.2) is 25.2 Å². The van der Waals surface area contributed by atoms with E-state index in [-0.39, 0.29) is 0 Å². The van der Waals surface area contributed by atoms with Crippen LogP contribution in [0, 0.1) is 0 Å². The van der Waals surface area contributed by atoms with E-state index in [1.165, 1.54) is 49.7 Å². The van der Waals surface area contributed by atoms with Crippen LogP contribution in [0.4, 0.5) is 5.69 Å². The number of benzene rings is 1. The number of nitrogens with two attached hydrogens (primary N) is 1. The van der Waals surface area contributed by atoms with Gasteiger partial charge in [0.2, 0.25) is 0 Å². The van der Waals surface area contributed by atoms with Crippen LogP contribution in [0.5, 0.6) is 0 Å². The lowest BCUT2D eigenvalue weighted by Crippen LogP contribution is -2.23. The number of aliphatic imine (C=N–C) groups is 1. The first-order valence-electron chi connectivity index (χ1n) is 8.61. The maximum atomic E-state index is 5.98. The molecule has 0 spiro atoms. The van der Waals surface area contributed by atoms with Gasteiger partial charge in [-0.25, -0.2) is 0 Å². The zero-order valence-electron chi connectivity index (χ0n) is 13.3. The lowest BCUT2D eigenvalue weighted by atomic mass is 10.1. The van der Waals surface area contributed by atoms with Crippen molar-refractivity contribution in [1.82, 2.24) is 0 Å². The summed E-state index contributed by atoms with van der Waals surface area (Å²) in [6.07, 6.45) is 9.95. The molecule has 1 fully saturated rings. The van der Waals surface area contributed by atoms with Crippen molar-refractivity contribution >= 4 is 11.6 Å². The maximum absolute atomic E-state index is 5.98. The molecule has 0 amide bonds. The van der Waals surface area contributed by atoms with E-state index < -0.39 is 0 Å². The van der Waals surface area contributed by atoms with Crippen molar-refractivity contribution in [2.24, 2.45) is 10.7 Å². The van der Waals surface area contributed by atoms with Crippen molar-refractivity contribution in [2.45, 2.75) is 57.5 Å². The Morgan fingerprint density at radius 2 is 2.14 bits per heavy atom. The zero-order valence-corrected chi connectivity index (χ0v) is 13.3. The van der Waals surface area contributed by atoms with Gasteiger partial charge in [0.15, 0.2) is 5.96 Å². The fourth-order valence-electron chi connectivity index (χ4n) is 3.39. The number of aryl methyl sites for hydroxylation is 2. The molecule has 1 heterocycles. The maximum Gasteiger partial charge on any atom is 0.193 e. The van der Waals surface area contributed by atoms with Crippen LogP contribution >= 0.6 is 0 Å². The van der Waals surface area contributed by atoms with Crippen LogP contribution in [0.25, 0.3) is 0 Å². The summed E-state index contributed by atoms with van der Waals surface area (Å²) in [4.78, 5) is 4.43. The molecule has 2 aliphatic rings. The molecule has 1 aliphatic carbocycles. The van der Waals surface area contributed by atoms with E-state index >= 15 is 0 Å². The summed E-state index contributed by atoms with van der Waals surface area (Å²) < 4.78 is 5.73. The standard InChI is InChI=1S/C18H27N3O/c19-18(20-11-4-8-17-7-1-2-12-22-17)21-16-10-9-14-5-3-6-15(14)13-16/h9-10,13,17H,1-8,11-12H2,(H3,19,20,21). The van der Waals surface area contributed by atoms with Gasteiger partial charge in [0.1, 0.15) is 0 Å². The van der Waals surface area contributed by atoms with Crippen LogP contribution in [0.2, 0.25) is 0 Å². The van der Waals surface area contributed by atoms with Gasteiger partial charge in [-0.15, -0.1) is 0 Å². The van der Waals surface area contributed by atoms with Gasteiger partial charge in [0, 0.05) is 18.8 Å². The molecule has 120 valence electrons. The molecule has 1 atom stereocenters. The highest BCUT2D eigenvalue weighted by atomic mass is 16.5. The monoisotopic (exact) mass is 301 g/mol. The van der Waals surface area contributed by atoms with Crippen molar-refractivity contribution in [3.63, 3.8) is 0 Å². The van der Waals surface area contributed by atoms with E-state index in [9.17, 15) is 0 Å². The van der Waals surface area contributed by atoms with Crippen molar-refractivity contribution in [3.8, 4) is 0 Å². The van der Waals surface area contributed by atoms with Crippen LogP contribution in [0.15, 0.2) is 23.2 Å². The molecule has 22 heavy (non-hydrogen) atoms. The van der Waals surface area contributed by atoms with Gasteiger partial charge in [-0.1, -0.05) is 6.07 Å². The van der Waals surface area contributed by atoms with E-state index in [0.29, 0.717) is 12.1 Å². The Labute approximate surface area is 133 Å². The Kier molecular flexibility index (Phi) is 5.33. The molecular formula is C18H27N3O. The number of guanidine groups is 1. The van der Waals surface area contributed by atoms with Crippen molar-refractivity contribution in [1.29, 1.82) is 0 Å². The quantitative estimate of drug-likeness (QED) is 0.498. The molecule has 3 rings (SSSR count). The van der Waals surface area contributed by atoms with Gasteiger partial charge < -0.3 is 15.8 Å². The summed E-state index contributed by atoms with van der Waals surface area (Å²) in [7, 11) is 0. The minimum atomic E-state index is 0.440. The van der Waals surface area contributed by atoms with Crippen molar-refractivity contribution in [3.05, 3.63) is 29.3 Å². The molecule has 1 aliphatic heterocycles. The fourth-order valence-corrected chi connectivity index (χ4v) is 3.39. The van der Waals surface area contributed by atoms with E-state index in [1.807, 2.05) is 0 Å².